The standard InChI is InChI=1S/C3H2N4O4/c8-3(9)1-2(7(10)11)5-6-4-1/h(H,8,9)(H,4,5,6)/p-1. The van der Waals surface area contributed by atoms with E-state index in [2.05, 4.69) is 10.2 Å². The number of nitrogens with one attached hydrogen (secondary N) is 1. The molecule has 0 unspecified atom stereocenters. The van der Waals surface area contributed by atoms with Crippen molar-refractivity contribution in [2.24, 2.45) is 0 Å². The first-order valence-electron chi connectivity index (χ1n) is 2.39. The van der Waals surface area contributed by atoms with Gasteiger partial charge in [-0.05, 0) is 4.92 Å². The lowest BCUT2D eigenvalue weighted by Crippen LogP contribution is -2.23. The van der Waals surface area contributed by atoms with Crippen molar-refractivity contribution in [1.29, 1.82) is 0 Å². The minimum Gasteiger partial charge on any atom is -0.543 e. The summed E-state index contributed by atoms with van der Waals surface area (Å²) in [7, 11) is 0. The molecule has 0 aliphatic heterocycles. The third-order valence-electron chi connectivity index (χ3n) is 0.896. The largest absolute Gasteiger partial charge is 0.543 e. The van der Waals surface area contributed by atoms with Crippen LogP contribution in [0.15, 0.2) is 0 Å². The molecule has 58 valence electrons. The Balaban J connectivity index is 3.16. The number of nitrogens with zero attached hydrogens (tertiary/aromatic N) is 3. The summed E-state index contributed by atoms with van der Waals surface area (Å²) in [4.78, 5) is 19.1. The van der Waals surface area contributed by atoms with Gasteiger partial charge in [0.1, 0.15) is 5.97 Å². The number of hydrogen-bond acceptors (Lipinski definition) is 6. The molecule has 0 radical (unpaired) electrons. The number of hydrogen-bond donors (Lipinski definition) is 1. The molecule has 0 aliphatic rings. The van der Waals surface area contributed by atoms with Gasteiger partial charge in [-0.15, -0.1) is 10.3 Å². The topological polar surface area (TPSA) is 125 Å². The van der Waals surface area contributed by atoms with Crippen LogP contribution in [0.25, 0.3) is 0 Å². The number of carboxylic acids is 1. The Morgan fingerprint density at radius 3 is 2.55 bits per heavy atom. The van der Waals surface area contributed by atoms with E-state index in [1.807, 2.05) is 0 Å². The van der Waals surface area contributed by atoms with E-state index in [-0.39, 0.29) is 0 Å². The van der Waals surface area contributed by atoms with Gasteiger partial charge in [-0.1, -0.05) is 0 Å². The van der Waals surface area contributed by atoms with E-state index in [0.29, 0.717) is 0 Å². The molecule has 0 atom stereocenters. The van der Waals surface area contributed by atoms with Crippen LogP contribution in [0.1, 0.15) is 10.5 Å². The zero-order chi connectivity index (χ0) is 8.43. The predicted molar refractivity (Wildman–Crippen MR) is 27.4 cm³/mol. The number of carbonyl (C=O) groups excluding carboxylic acids is 1. The minimum absolute atomic E-state index is 0.796. The summed E-state index contributed by atoms with van der Waals surface area (Å²) >= 11 is 0. The van der Waals surface area contributed by atoms with Crippen molar-refractivity contribution in [3.63, 3.8) is 0 Å². The van der Waals surface area contributed by atoms with Gasteiger partial charge >= 0.3 is 5.82 Å². The summed E-state index contributed by atoms with van der Waals surface area (Å²) in [6, 6.07) is 0. The van der Waals surface area contributed by atoms with Crippen LogP contribution in [-0.2, 0) is 0 Å². The van der Waals surface area contributed by atoms with Crippen LogP contribution in [0.5, 0.6) is 0 Å². The van der Waals surface area contributed by atoms with Crippen molar-refractivity contribution in [3.05, 3.63) is 15.8 Å². The van der Waals surface area contributed by atoms with Gasteiger partial charge in [-0.2, -0.15) is 0 Å². The summed E-state index contributed by atoms with van der Waals surface area (Å²) in [5.41, 5.74) is -0.796. The summed E-state index contributed by atoms with van der Waals surface area (Å²) in [6.07, 6.45) is 0. The first kappa shape index (κ1) is 7.12. The van der Waals surface area contributed by atoms with E-state index in [0.717, 1.165) is 0 Å². The molecule has 0 aromatic carbocycles. The van der Waals surface area contributed by atoms with Crippen LogP contribution >= 0.6 is 0 Å². The second-order valence-electron chi connectivity index (χ2n) is 1.54. The lowest BCUT2D eigenvalue weighted by Gasteiger charge is -1.92. The quantitative estimate of drug-likeness (QED) is 0.393. The van der Waals surface area contributed by atoms with Gasteiger partial charge in [0.05, 0.1) is 5.10 Å². The molecule has 0 saturated carbocycles. The highest BCUT2D eigenvalue weighted by molar-refractivity contribution is 5.86. The molecule has 0 spiro atoms. The number of aromatic nitrogens is 3. The summed E-state index contributed by atoms with van der Waals surface area (Å²) in [5.74, 6) is -2.57. The fraction of sp³-hybridized carbons (Fsp3) is 0. The Bertz CT molecular complexity index is 276. The number of nitro groups is 1. The number of carbonyl (C=O) groups is 1. The second-order valence-corrected chi connectivity index (χ2v) is 1.54. The molecule has 1 rings (SSSR count). The van der Waals surface area contributed by atoms with E-state index in [1.54, 1.807) is 5.21 Å². The van der Waals surface area contributed by atoms with Crippen molar-refractivity contribution in [2.45, 2.75) is 0 Å². The SMILES string of the molecule is O=C([O-])c1n[nH]nc1[N+](=O)[O-]. The fourth-order valence-electron chi connectivity index (χ4n) is 0.490. The van der Waals surface area contributed by atoms with Crippen molar-refractivity contribution in [3.8, 4) is 0 Å². The molecule has 1 aromatic rings. The fourth-order valence-corrected chi connectivity index (χ4v) is 0.490. The van der Waals surface area contributed by atoms with Crippen LogP contribution in [0.4, 0.5) is 5.82 Å². The van der Waals surface area contributed by atoms with Crippen LogP contribution in [-0.4, -0.2) is 26.3 Å². The van der Waals surface area contributed by atoms with Gasteiger partial charge in [-0.3, -0.25) is 0 Å². The molecule has 1 aromatic heterocycles. The van der Waals surface area contributed by atoms with Crippen molar-refractivity contribution < 1.29 is 14.8 Å². The average molecular weight is 157 g/mol. The van der Waals surface area contributed by atoms with E-state index in [4.69, 9.17) is 0 Å². The van der Waals surface area contributed by atoms with Crippen molar-refractivity contribution in [2.75, 3.05) is 0 Å². The van der Waals surface area contributed by atoms with Crippen LogP contribution in [0.3, 0.4) is 0 Å². The number of H-pyrrole nitrogens is 1. The monoisotopic (exact) mass is 157 g/mol. The smallest absolute Gasteiger partial charge is 0.419 e. The highest BCUT2D eigenvalue weighted by Crippen LogP contribution is 2.08. The van der Waals surface area contributed by atoms with Crippen molar-refractivity contribution >= 4 is 11.8 Å². The third-order valence-corrected chi connectivity index (χ3v) is 0.896. The third kappa shape index (κ3) is 1.13. The van der Waals surface area contributed by atoms with Gasteiger partial charge in [-0.25, -0.2) is 0 Å². The summed E-state index contributed by atoms with van der Waals surface area (Å²) in [5, 5.41) is 27.8. The van der Waals surface area contributed by atoms with E-state index in [9.17, 15) is 20.0 Å². The normalized spacial score (nSPS) is 9.45. The molecule has 0 fully saturated rings. The molecule has 0 aliphatic carbocycles. The maximum Gasteiger partial charge on any atom is 0.419 e. The second kappa shape index (κ2) is 2.33. The predicted octanol–water partition coefficient (Wildman–Crippen LogP) is -1.92. The van der Waals surface area contributed by atoms with Crippen LogP contribution < -0.4 is 5.11 Å². The van der Waals surface area contributed by atoms with Gasteiger partial charge in [0.25, 0.3) is 0 Å². The maximum absolute atomic E-state index is 10.0. The van der Waals surface area contributed by atoms with Crippen molar-refractivity contribution in [1.82, 2.24) is 15.4 Å². The lowest BCUT2D eigenvalue weighted by molar-refractivity contribution is -0.390. The minimum atomic E-state index is -1.73. The van der Waals surface area contributed by atoms with E-state index >= 15 is 0 Å². The first-order valence-corrected chi connectivity index (χ1v) is 2.39. The van der Waals surface area contributed by atoms with Gasteiger partial charge in [0.2, 0.25) is 5.69 Å². The highest BCUT2D eigenvalue weighted by Gasteiger charge is 2.19. The highest BCUT2D eigenvalue weighted by atomic mass is 16.6. The lowest BCUT2D eigenvalue weighted by atomic mass is 10.4. The van der Waals surface area contributed by atoms with Gasteiger partial charge in [0, 0.05) is 0 Å². The first-order chi connectivity index (χ1) is 5.13. The Kier molecular flexibility index (Phi) is 1.51. The molecule has 1 N–H and O–H groups in total. The number of rotatable bonds is 2. The molecular weight excluding hydrogens is 156 g/mol. The van der Waals surface area contributed by atoms with E-state index < -0.39 is 22.4 Å². The van der Waals surface area contributed by atoms with Crippen LogP contribution in [0, 0.1) is 10.1 Å². The number of aromatic amines is 1. The molecular formula is C3HN4O4-. The van der Waals surface area contributed by atoms with Crippen LogP contribution in [0.2, 0.25) is 0 Å². The Labute approximate surface area is 59.0 Å². The summed E-state index contributed by atoms with van der Waals surface area (Å²) < 4.78 is 0. The molecule has 0 amide bonds. The molecule has 0 saturated heterocycles. The summed E-state index contributed by atoms with van der Waals surface area (Å²) in [6.45, 7) is 0. The Morgan fingerprint density at radius 2 is 2.18 bits per heavy atom. The number of aromatic carboxylic acids is 1. The van der Waals surface area contributed by atoms with Gasteiger partial charge in [0.15, 0.2) is 0 Å². The average Bonchev–Trinajstić information content (AvgIpc) is 2.32. The zero-order valence-corrected chi connectivity index (χ0v) is 4.97. The maximum atomic E-state index is 10.0. The van der Waals surface area contributed by atoms with Gasteiger partial charge < -0.3 is 20.0 Å². The molecule has 0 bridgehead atoms. The molecule has 8 nitrogen and oxygen atoms in total. The molecule has 1 heterocycles. The van der Waals surface area contributed by atoms with E-state index in [1.165, 1.54) is 0 Å². The number of carboxylic acid groups (broad SMARTS) is 1. The Hall–Kier alpha value is -1.99. The molecule has 11 heavy (non-hydrogen) atoms. The zero-order valence-electron chi connectivity index (χ0n) is 4.97. The Morgan fingerprint density at radius 1 is 1.55 bits per heavy atom. The molecule has 8 heteroatoms.